The first kappa shape index (κ1) is 21.0. The van der Waals surface area contributed by atoms with Crippen LogP contribution in [0.3, 0.4) is 0 Å². The Morgan fingerprint density at radius 2 is 1.90 bits per heavy atom. The fraction of sp³-hybridized carbons (Fsp3) is 0.364. The first-order chi connectivity index (χ1) is 14.1. The summed E-state index contributed by atoms with van der Waals surface area (Å²) in [6, 6.07) is 13.5. The number of carbonyl (C=O) groups is 2. The summed E-state index contributed by atoms with van der Waals surface area (Å²) >= 11 is 1.60. The fourth-order valence-corrected chi connectivity index (χ4v) is 3.66. The molecular weight excluding hydrogens is 388 g/mol. The molecular formula is C22H26N2O4S. The standard InChI is InChI=1S/C22H26N2O4S/c1-27-19-12-15(11-18(21(19)28-2)23-20(25)9-10-29-3)22(26)24-17-13-16(17)14-7-5-4-6-8-14/h4-8,11-12,16-17H,9-10,13H2,1-3H3,(H,23,25)(H,24,26)/t16-,17+/m0/s1. The summed E-state index contributed by atoms with van der Waals surface area (Å²) in [5.41, 5.74) is 2.08. The van der Waals surface area contributed by atoms with Crippen molar-refractivity contribution in [3.05, 3.63) is 53.6 Å². The average molecular weight is 415 g/mol. The highest BCUT2D eigenvalue weighted by Gasteiger charge is 2.39. The van der Waals surface area contributed by atoms with Gasteiger partial charge in [-0.2, -0.15) is 11.8 Å². The van der Waals surface area contributed by atoms with Gasteiger partial charge in [0.2, 0.25) is 5.91 Å². The van der Waals surface area contributed by atoms with E-state index in [4.69, 9.17) is 9.47 Å². The van der Waals surface area contributed by atoms with E-state index >= 15 is 0 Å². The van der Waals surface area contributed by atoms with Gasteiger partial charge in [-0.05, 0) is 30.4 Å². The number of anilines is 1. The smallest absolute Gasteiger partial charge is 0.251 e. The van der Waals surface area contributed by atoms with Crippen LogP contribution in [0.1, 0.15) is 34.7 Å². The number of benzene rings is 2. The molecule has 0 aliphatic heterocycles. The predicted molar refractivity (Wildman–Crippen MR) is 116 cm³/mol. The summed E-state index contributed by atoms with van der Waals surface area (Å²) < 4.78 is 10.8. The van der Waals surface area contributed by atoms with Crippen LogP contribution >= 0.6 is 11.8 Å². The van der Waals surface area contributed by atoms with Crippen LogP contribution in [-0.4, -0.2) is 44.1 Å². The summed E-state index contributed by atoms with van der Waals surface area (Å²) in [7, 11) is 3.01. The molecule has 2 atom stereocenters. The lowest BCUT2D eigenvalue weighted by Crippen LogP contribution is -2.27. The van der Waals surface area contributed by atoms with Gasteiger partial charge in [0.05, 0.1) is 19.9 Å². The largest absolute Gasteiger partial charge is 0.493 e. The topological polar surface area (TPSA) is 76.7 Å². The molecule has 0 bridgehead atoms. The summed E-state index contributed by atoms with van der Waals surface area (Å²) in [5.74, 6) is 1.52. The van der Waals surface area contributed by atoms with Crippen molar-refractivity contribution in [3.63, 3.8) is 0 Å². The number of methoxy groups -OCH3 is 2. The monoisotopic (exact) mass is 414 g/mol. The van der Waals surface area contributed by atoms with Gasteiger partial charge in [-0.3, -0.25) is 9.59 Å². The zero-order chi connectivity index (χ0) is 20.8. The van der Waals surface area contributed by atoms with Gasteiger partial charge < -0.3 is 20.1 Å². The number of hydrogen-bond donors (Lipinski definition) is 2. The minimum atomic E-state index is -0.200. The van der Waals surface area contributed by atoms with Gasteiger partial charge >= 0.3 is 0 Å². The minimum Gasteiger partial charge on any atom is -0.493 e. The van der Waals surface area contributed by atoms with Crippen molar-refractivity contribution in [2.45, 2.75) is 24.8 Å². The van der Waals surface area contributed by atoms with Crippen molar-refractivity contribution in [1.82, 2.24) is 5.32 Å². The molecule has 0 saturated heterocycles. The van der Waals surface area contributed by atoms with Gasteiger partial charge in [0.1, 0.15) is 0 Å². The third-order valence-corrected chi connectivity index (χ3v) is 5.50. The molecule has 2 N–H and O–H groups in total. The number of thioether (sulfide) groups is 1. The number of nitrogens with one attached hydrogen (secondary N) is 2. The van der Waals surface area contributed by atoms with Gasteiger partial charge in [0, 0.05) is 29.7 Å². The lowest BCUT2D eigenvalue weighted by atomic mass is 10.1. The Labute approximate surface area is 175 Å². The second kappa shape index (κ2) is 9.69. The molecule has 3 rings (SSSR count). The quantitative estimate of drug-likeness (QED) is 0.655. The number of amides is 2. The Kier molecular flexibility index (Phi) is 7.04. The molecule has 0 heterocycles. The summed E-state index contributed by atoms with van der Waals surface area (Å²) in [6.07, 6.45) is 3.24. The van der Waals surface area contributed by atoms with Gasteiger partial charge in [0.25, 0.3) is 5.91 Å². The van der Waals surface area contributed by atoms with E-state index in [1.165, 1.54) is 19.8 Å². The zero-order valence-corrected chi connectivity index (χ0v) is 17.7. The van der Waals surface area contributed by atoms with Crippen molar-refractivity contribution in [1.29, 1.82) is 0 Å². The van der Waals surface area contributed by atoms with Crippen LogP contribution < -0.4 is 20.1 Å². The van der Waals surface area contributed by atoms with E-state index in [-0.39, 0.29) is 17.9 Å². The maximum atomic E-state index is 12.8. The van der Waals surface area contributed by atoms with Crippen molar-refractivity contribution < 1.29 is 19.1 Å². The molecule has 2 amide bonds. The highest BCUT2D eigenvalue weighted by atomic mass is 32.2. The van der Waals surface area contributed by atoms with Crippen LogP contribution in [0.5, 0.6) is 11.5 Å². The van der Waals surface area contributed by atoms with Gasteiger partial charge in [0.15, 0.2) is 11.5 Å². The van der Waals surface area contributed by atoms with Crippen LogP contribution in [0, 0.1) is 0 Å². The van der Waals surface area contributed by atoms with E-state index in [2.05, 4.69) is 22.8 Å². The zero-order valence-electron chi connectivity index (χ0n) is 16.9. The Morgan fingerprint density at radius 3 is 2.55 bits per heavy atom. The second-order valence-corrected chi connectivity index (χ2v) is 7.87. The maximum Gasteiger partial charge on any atom is 0.251 e. The first-order valence-electron chi connectivity index (χ1n) is 9.48. The molecule has 2 aromatic carbocycles. The molecule has 0 spiro atoms. The lowest BCUT2D eigenvalue weighted by Gasteiger charge is -2.16. The SMILES string of the molecule is COc1cc(C(=O)N[C@@H]2C[C@H]2c2ccccc2)cc(NC(=O)CCSC)c1OC. The highest BCUT2D eigenvalue weighted by Crippen LogP contribution is 2.41. The lowest BCUT2D eigenvalue weighted by molar-refractivity contribution is -0.115. The molecule has 0 unspecified atom stereocenters. The third-order valence-electron chi connectivity index (χ3n) is 4.88. The normalized spacial score (nSPS) is 17.3. The molecule has 1 fully saturated rings. The van der Waals surface area contributed by atoms with Gasteiger partial charge in [-0.15, -0.1) is 0 Å². The van der Waals surface area contributed by atoms with Crippen molar-refractivity contribution in [2.24, 2.45) is 0 Å². The van der Waals surface area contributed by atoms with Crippen LogP contribution in [0.4, 0.5) is 5.69 Å². The molecule has 7 heteroatoms. The van der Waals surface area contributed by atoms with Crippen molar-refractivity contribution in [2.75, 3.05) is 31.5 Å². The fourth-order valence-electron chi connectivity index (χ4n) is 3.27. The van der Waals surface area contributed by atoms with E-state index in [9.17, 15) is 9.59 Å². The summed E-state index contributed by atoms with van der Waals surface area (Å²) in [5, 5.41) is 5.90. The molecule has 0 aromatic heterocycles. The van der Waals surface area contributed by atoms with E-state index in [1.807, 2.05) is 24.5 Å². The van der Waals surface area contributed by atoms with Crippen LogP contribution in [0.25, 0.3) is 0 Å². The van der Waals surface area contributed by atoms with Crippen LogP contribution in [-0.2, 0) is 4.79 Å². The molecule has 1 aliphatic carbocycles. The molecule has 1 aliphatic rings. The second-order valence-electron chi connectivity index (χ2n) is 6.88. The van der Waals surface area contributed by atoms with E-state index in [0.29, 0.717) is 40.8 Å². The number of ether oxygens (including phenoxy) is 2. The Hall–Kier alpha value is -2.67. The first-order valence-corrected chi connectivity index (χ1v) is 10.9. The Bertz CT molecular complexity index is 873. The van der Waals surface area contributed by atoms with Crippen molar-refractivity contribution >= 4 is 29.3 Å². The molecule has 29 heavy (non-hydrogen) atoms. The molecule has 6 nitrogen and oxygen atoms in total. The maximum absolute atomic E-state index is 12.8. The number of hydrogen-bond acceptors (Lipinski definition) is 5. The van der Waals surface area contributed by atoms with Crippen LogP contribution in [0.2, 0.25) is 0 Å². The van der Waals surface area contributed by atoms with E-state index < -0.39 is 0 Å². The third kappa shape index (κ3) is 5.23. The van der Waals surface area contributed by atoms with E-state index in [1.54, 1.807) is 23.9 Å². The molecule has 154 valence electrons. The molecule has 1 saturated carbocycles. The van der Waals surface area contributed by atoms with Gasteiger partial charge in [-0.1, -0.05) is 30.3 Å². The van der Waals surface area contributed by atoms with Gasteiger partial charge in [-0.25, -0.2) is 0 Å². The predicted octanol–water partition coefficient (Wildman–Crippen LogP) is 3.68. The number of rotatable bonds is 9. The van der Waals surface area contributed by atoms with E-state index in [0.717, 1.165) is 6.42 Å². The highest BCUT2D eigenvalue weighted by molar-refractivity contribution is 7.98. The molecule has 0 radical (unpaired) electrons. The number of carbonyl (C=O) groups excluding carboxylic acids is 2. The van der Waals surface area contributed by atoms with Crippen molar-refractivity contribution in [3.8, 4) is 11.5 Å². The summed E-state index contributed by atoms with van der Waals surface area (Å²) in [6.45, 7) is 0. The molecule has 2 aromatic rings. The summed E-state index contributed by atoms with van der Waals surface area (Å²) in [4.78, 5) is 25.0. The Balaban J connectivity index is 1.75. The average Bonchev–Trinajstić information content (AvgIpc) is 3.51. The Morgan fingerprint density at radius 1 is 1.14 bits per heavy atom. The van der Waals surface area contributed by atoms with Crippen LogP contribution in [0.15, 0.2) is 42.5 Å². The minimum absolute atomic E-state index is 0.109.